The molecule has 0 radical (unpaired) electrons. The normalized spacial score (nSPS) is 16.0. The van der Waals surface area contributed by atoms with Gasteiger partial charge >= 0.3 is 0 Å². The van der Waals surface area contributed by atoms with Crippen LogP contribution in [0.25, 0.3) is 0 Å². The number of rotatable bonds is 15. The lowest BCUT2D eigenvalue weighted by Gasteiger charge is -2.13. The first-order chi connectivity index (χ1) is 12.0. The highest BCUT2D eigenvalue weighted by atomic mass is 16.4. The van der Waals surface area contributed by atoms with Crippen LogP contribution in [0.4, 0.5) is 0 Å². The van der Waals surface area contributed by atoms with Crippen LogP contribution in [0.1, 0.15) is 64.7 Å². The Hall–Kier alpha value is -1.43. The Morgan fingerprint density at radius 1 is 0.920 bits per heavy atom. The van der Waals surface area contributed by atoms with Gasteiger partial charge in [-0.25, -0.2) is 0 Å². The van der Waals surface area contributed by atoms with Crippen molar-refractivity contribution in [3.63, 3.8) is 0 Å². The smallest absolute Gasteiger partial charge is 0.0983 e. The molecule has 0 aliphatic heterocycles. The Labute approximate surface area is 151 Å². The zero-order valence-electron chi connectivity index (χ0n) is 15.2. The monoisotopic (exact) mass is 353 g/mol. The van der Waals surface area contributed by atoms with Crippen molar-refractivity contribution < 1.29 is 25.2 Å². The molecule has 5 heteroatoms. The first-order valence-electron chi connectivity index (χ1n) is 9.19. The van der Waals surface area contributed by atoms with E-state index in [0.717, 1.165) is 12.8 Å². The molecule has 144 valence electrons. The molecule has 0 saturated carbocycles. The molecule has 3 atom stereocenters. The largest absolute Gasteiger partial charge is 0.550 e. The zero-order valence-corrected chi connectivity index (χ0v) is 15.2. The molecule has 3 unspecified atom stereocenters. The molecule has 0 spiro atoms. The molecule has 0 fully saturated rings. The Morgan fingerprint density at radius 3 is 2.20 bits per heavy atom. The predicted molar refractivity (Wildman–Crippen MR) is 97.7 cm³/mol. The molecule has 0 rings (SSSR count). The topological polar surface area (TPSA) is 101 Å². The van der Waals surface area contributed by atoms with Crippen molar-refractivity contribution in [2.24, 2.45) is 0 Å². The number of carbonyl (C=O) groups excluding carboxylic acids is 1. The van der Waals surface area contributed by atoms with Crippen LogP contribution in [-0.2, 0) is 4.79 Å². The standard InChI is InChI=1S/C20H34O5/c1-2-3-4-5-6-10-13-18(22)19(23)16-15-17(21)12-9-7-8-11-14-20(24)25/h6-7,9-10,15-19,21-23H,2-5,8,11-14H2,1H3,(H,24,25)/p-1/b9-7-,10-6-,16-15+. The molecular formula is C20H33O5-. The highest BCUT2D eigenvalue weighted by Gasteiger charge is 2.11. The van der Waals surface area contributed by atoms with E-state index in [-0.39, 0.29) is 6.42 Å². The number of carbonyl (C=O) groups is 1. The Kier molecular flexibility index (Phi) is 15.1. The SMILES string of the molecule is CCCCC/C=C\CC(O)C(O)/C=C/C(O)C/C=C\CCCC(=O)[O-]. The van der Waals surface area contributed by atoms with Gasteiger partial charge in [0.25, 0.3) is 0 Å². The van der Waals surface area contributed by atoms with Crippen molar-refractivity contribution in [2.75, 3.05) is 0 Å². The third kappa shape index (κ3) is 15.8. The summed E-state index contributed by atoms with van der Waals surface area (Å²) >= 11 is 0. The van der Waals surface area contributed by atoms with E-state index in [1.54, 1.807) is 6.08 Å². The third-order valence-corrected chi connectivity index (χ3v) is 3.74. The molecule has 5 nitrogen and oxygen atoms in total. The summed E-state index contributed by atoms with van der Waals surface area (Å²) < 4.78 is 0. The molecule has 0 aromatic carbocycles. The highest BCUT2D eigenvalue weighted by molar-refractivity contribution is 5.64. The van der Waals surface area contributed by atoms with Gasteiger partial charge in [0.05, 0.1) is 18.3 Å². The third-order valence-electron chi connectivity index (χ3n) is 3.74. The number of unbranched alkanes of at least 4 members (excludes halogenated alkanes) is 4. The highest BCUT2D eigenvalue weighted by Crippen LogP contribution is 2.06. The lowest BCUT2D eigenvalue weighted by atomic mass is 10.1. The van der Waals surface area contributed by atoms with Crippen molar-refractivity contribution in [3.05, 3.63) is 36.5 Å². The average Bonchev–Trinajstić information content (AvgIpc) is 2.58. The van der Waals surface area contributed by atoms with Crippen LogP contribution >= 0.6 is 0 Å². The number of carboxylic acid groups (broad SMARTS) is 1. The van der Waals surface area contributed by atoms with Crippen LogP contribution in [0.15, 0.2) is 36.5 Å². The van der Waals surface area contributed by atoms with Crippen LogP contribution < -0.4 is 5.11 Å². The molecule has 0 heterocycles. The number of hydrogen-bond acceptors (Lipinski definition) is 5. The molecule has 0 aliphatic carbocycles. The van der Waals surface area contributed by atoms with E-state index in [0.29, 0.717) is 25.7 Å². The summed E-state index contributed by atoms with van der Waals surface area (Å²) in [4.78, 5) is 10.2. The molecule has 25 heavy (non-hydrogen) atoms. The maximum Gasteiger partial charge on any atom is 0.0983 e. The van der Waals surface area contributed by atoms with Gasteiger partial charge in [0.15, 0.2) is 0 Å². The van der Waals surface area contributed by atoms with Crippen LogP contribution in [0.2, 0.25) is 0 Å². The average molecular weight is 353 g/mol. The molecule has 0 bridgehead atoms. The zero-order chi connectivity index (χ0) is 18.9. The number of aliphatic carboxylic acids is 1. The van der Waals surface area contributed by atoms with Gasteiger partial charge in [-0.3, -0.25) is 0 Å². The molecule has 3 N–H and O–H groups in total. The van der Waals surface area contributed by atoms with Crippen molar-refractivity contribution in [3.8, 4) is 0 Å². The van der Waals surface area contributed by atoms with Gasteiger partial charge in [-0.15, -0.1) is 0 Å². The number of aliphatic hydroxyl groups is 3. The van der Waals surface area contributed by atoms with Crippen molar-refractivity contribution >= 4 is 5.97 Å². The Balaban J connectivity index is 3.91. The fraction of sp³-hybridized carbons (Fsp3) is 0.650. The van der Waals surface area contributed by atoms with Gasteiger partial charge in [0.2, 0.25) is 0 Å². The summed E-state index contributed by atoms with van der Waals surface area (Å²) in [6, 6.07) is 0. The van der Waals surface area contributed by atoms with E-state index >= 15 is 0 Å². The fourth-order valence-corrected chi connectivity index (χ4v) is 2.17. The maximum atomic E-state index is 10.2. The number of allylic oxidation sites excluding steroid dienone is 2. The van der Waals surface area contributed by atoms with Crippen LogP contribution in [0.5, 0.6) is 0 Å². The second-order valence-electron chi connectivity index (χ2n) is 6.18. The van der Waals surface area contributed by atoms with Gasteiger partial charge in [-0.2, -0.15) is 0 Å². The van der Waals surface area contributed by atoms with Crippen molar-refractivity contribution in [1.82, 2.24) is 0 Å². The Morgan fingerprint density at radius 2 is 1.56 bits per heavy atom. The Bertz CT molecular complexity index is 414. The first-order valence-corrected chi connectivity index (χ1v) is 9.19. The quantitative estimate of drug-likeness (QED) is 0.309. The lowest BCUT2D eigenvalue weighted by Crippen LogP contribution is -2.23. The summed E-state index contributed by atoms with van der Waals surface area (Å²) in [5.41, 5.74) is 0. The van der Waals surface area contributed by atoms with Crippen LogP contribution in [0, 0.1) is 0 Å². The molecule has 0 aliphatic rings. The predicted octanol–water partition coefficient (Wildman–Crippen LogP) is 2.02. The summed E-state index contributed by atoms with van der Waals surface area (Å²) in [7, 11) is 0. The first kappa shape index (κ1) is 23.6. The van der Waals surface area contributed by atoms with E-state index in [1.165, 1.54) is 25.0 Å². The molecule has 0 aromatic heterocycles. The minimum Gasteiger partial charge on any atom is -0.550 e. The summed E-state index contributed by atoms with van der Waals surface area (Å²) in [6.45, 7) is 2.15. The van der Waals surface area contributed by atoms with Crippen molar-refractivity contribution in [1.29, 1.82) is 0 Å². The number of aliphatic hydroxyl groups excluding tert-OH is 3. The molecular weight excluding hydrogens is 320 g/mol. The van der Waals surface area contributed by atoms with Crippen LogP contribution in [0.3, 0.4) is 0 Å². The maximum absolute atomic E-state index is 10.2. The molecule has 0 aromatic rings. The summed E-state index contributed by atoms with van der Waals surface area (Å²) in [5.74, 6) is -1.06. The van der Waals surface area contributed by atoms with Gasteiger partial charge in [0.1, 0.15) is 0 Å². The fourth-order valence-electron chi connectivity index (χ4n) is 2.17. The van der Waals surface area contributed by atoms with E-state index in [2.05, 4.69) is 6.92 Å². The lowest BCUT2D eigenvalue weighted by molar-refractivity contribution is -0.305. The molecule has 0 amide bonds. The van der Waals surface area contributed by atoms with Gasteiger partial charge in [-0.05, 0) is 44.9 Å². The van der Waals surface area contributed by atoms with Crippen molar-refractivity contribution in [2.45, 2.75) is 83.0 Å². The summed E-state index contributed by atoms with van der Waals surface area (Å²) in [5, 5.41) is 39.7. The van der Waals surface area contributed by atoms with Gasteiger partial charge < -0.3 is 25.2 Å². The van der Waals surface area contributed by atoms with Crippen LogP contribution in [-0.4, -0.2) is 39.6 Å². The summed E-state index contributed by atoms with van der Waals surface area (Å²) in [6.07, 6.45) is 14.1. The second kappa shape index (κ2) is 16.1. The molecule has 0 saturated heterocycles. The minimum atomic E-state index is -1.06. The number of hydrogen-bond donors (Lipinski definition) is 3. The van der Waals surface area contributed by atoms with Gasteiger partial charge in [0, 0.05) is 5.97 Å². The van der Waals surface area contributed by atoms with Gasteiger partial charge in [-0.1, -0.05) is 56.2 Å². The van der Waals surface area contributed by atoms with E-state index in [1.807, 2.05) is 18.2 Å². The van der Waals surface area contributed by atoms with E-state index in [9.17, 15) is 25.2 Å². The second-order valence-corrected chi connectivity index (χ2v) is 6.18. The minimum absolute atomic E-state index is 0.0317. The van der Waals surface area contributed by atoms with E-state index < -0.39 is 24.3 Å². The van der Waals surface area contributed by atoms with E-state index in [4.69, 9.17) is 0 Å². The number of carboxylic acids is 1.